The molecule has 1 aromatic carbocycles. The monoisotopic (exact) mass is 289 g/mol. The van der Waals surface area contributed by atoms with Crippen molar-refractivity contribution in [1.82, 2.24) is 4.98 Å². The molecule has 0 saturated carbocycles. The molecule has 0 aliphatic heterocycles. The Morgan fingerprint density at radius 3 is 3.05 bits per heavy atom. The Hall–Kier alpha value is -2.14. The molecule has 1 aliphatic carbocycles. The summed E-state index contributed by atoms with van der Waals surface area (Å²) in [6, 6.07) is 8.60. The minimum absolute atomic E-state index is 0.00563. The van der Waals surface area contributed by atoms with Gasteiger partial charge in [-0.3, -0.25) is 15.1 Å². The van der Waals surface area contributed by atoms with Crippen LogP contribution in [0.15, 0.2) is 36.5 Å². The van der Waals surface area contributed by atoms with Crippen LogP contribution in [-0.4, -0.2) is 9.91 Å². The average Bonchev–Trinajstić information content (AvgIpc) is 2.84. The van der Waals surface area contributed by atoms with E-state index in [4.69, 9.17) is 11.6 Å². The Morgan fingerprint density at radius 2 is 2.25 bits per heavy atom. The minimum Gasteiger partial charge on any atom is -0.371 e. The molecule has 102 valence electrons. The van der Waals surface area contributed by atoms with Crippen LogP contribution in [0.2, 0.25) is 5.02 Å². The largest absolute Gasteiger partial charge is 0.371 e. The lowest BCUT2D eigenvalue weighted by Gasteiger charge is -2.14. The highest BCUT2D eigenvalue weighted by atomic mass is 35.5. The van der Waals surface area contributed by atoms with Crippen LogP contribution < -0.4 is 5.32 Å². The van der Waals surface area contributed by atoms with Crippen LogP contribution in [0.5, 0.6) is 0 Å². The van der Waals surface area contributed by atoms with Crippen molar-refractivity contribution >= 4 is 23.0 Å². The van der Waals surface area contributed by atoms with Gasteiger partial charge in [0.15, 0.2) is 0 Å². The van der Waals surface area contributed by atoms with E-state index in [-0.39, 0.29) is 11.7 Å². The fraction of sp³-hybridized carbons (Fsp3) is 0.214. The molecule has 5 nitrogen and oxygen atoms in total. The van der Waals surface area contributed by atoms with E-state index in [1.807, 2.05) is 12.1 Å². The first kappa shape index (κ1) is 12.9. The van der Waals surface area contributed by atoms with Gasteiger partial charge >= 0.3 is 0 Å². The molecular formula is C14H12ClN3O2. The van der Waals surface area contributed by atoms with E-state index in [1.165, 1.54) is 11.6 Å². The molecule has 0 saturated heterocycles. The first-order chi connectivity index (χ1) is 9.65. The van der Waals surface area contributed by atoms with Crippen molar-refractivity contribution in [3.8, 4) is 0 Å². The number of nitrogens with one attached hydrogen (secondary N) is 1. The maximum Gasteiger partial charge on any atom is 0.293 e. The lowest BCUT2D eigenvalue weighted by atomic mass is 10.2. The second kappa shape index (κ2) is 5.09. The summed E-state index contributed by atoms with van der Waals surface area (Å²) in [6.45, 7) is 0. The van der Waals surface area contributed by atoms with Gasteiger partial charge < -0.3 is 5.32 Å². The molecule has 0 spiro atoms. The first-order valence-corrected chi connectivity index (χ1v) is 6.67. The van der Waals surface area contributed by atoms with Gasteiger partial charge in [0, 0.05) is 17.3 Å². The van der Waals surface area contributed by atoms with Gasteiger partial charge in [-0.15, -0.1) is 0 Å². The van der Waals surface area contributed by atoms with Gasteiger partial charge in [-0.05, 0) is 36.6 Å². The minimum atomic E-state index is -0.428. The van der Waals surface area contributed by atoms with Gasteiger partial charge in [0.2, 0.25) is 0 Å². The number of anilines is 1. The molecule has 0 radical (unpaired) electrons. The van der Waals surface area contributed by atoms with Crippen LogP contribution in [0.3, 0.4) is 0 Å². The third kappa shape index (κ3) is 2.32. The number of hydrogen-bond donors (Lipinski definition) is 1. The number of aryl methyl sites for hydroxylation is 1. The quantitative estimate of drug-likeness (QED) is 0.690. The fourth-order valence-corrected chi connectivity index (χ4v) is 2.69. The number of nitro benzene ring substituents is 1. The summed E-state index contributed by atoms with van der Waals surface area (Å²) in [5, 5.41) is 14.6. The molecule has 3 rings (SSSR count). The van der Waals surface area contributed by atoms with E-state index in [1.54, 1.807) is 18.3 Å². The number of hydrogen-bond acceptors (Lipinski definition) is 4. The highest BCUT2D eigenvalue weighted by Crippen LogP contribution is 2.35. The Bertz CT molecular complexity index is 675. The van der Waals surface area contributed by atoms with Crippen molar-refractivity contribution in [2.24, 2.45) is 0 Å². The third-order valence-electron chi connectivity index (χ3n) is 3.44. The summed E-state index contributed by atoms with van der Waals surface area (Å²) in [5.41, 5.74) is 2.63. The van der Waals surface area contributed by atoms with Gasteiger partial charge in [0.1, 0.15) is 5.69 Å². The normalized spacial score (nSPS) is 16.8. The molecule has 1 aliphatic rings. The molecule has 1 unspecified atom stereocenters. The topological polar surface area (TPSA) is 68.1 Å². The second-order valence-electron chi connectivity index (χ2n) is 4.70. The van der Waals surface area contributed by atoms with Crippen LogP contribution in [-0.2, 0) is 6.42 Å². The van der Waals surface area contributed by atoms with Crippen molar-refractivity contribution in [1.29, 1.82) is 0 Å². The summed E-state index contributed by atoms with van der Waals surface area (Å²) >= 11 is 5.81. The zero-order valence-corrected chi connectivity index (χ0v) is 11.3. The number of benzene rings is 1. The van der Waals surface area contributed by atoms with E-state index >= 15 is 0 Å². The molecule has 6 heteroatoms. The number of aromatic nitrogens is 1. The maximum atomic E-state index is 11.1. The van der Waals surface area contributed by atoms with Crippen molar-refractivity contribution in [2.75, 3.05) is 5.32 Å². The lowest BCUT2D eigenvalue weighted by molar-refractivity contribution is -0.384. The predicted molar refractivity (Wildman–Crippen MR) is 77.0 cm³/mol. The van der Waals surface area contributed by atoms with E-state index < -0.39 is 4.92 Å². The summed E-state index contributed by atoms with van der Waals surface area (Å²) in [7, 11) is 0. The van der Waals surface area contributed by atoms with Crippen LogP contribution in [0.4, 0.5) is 11.4 Å². The standard InChI is InChI=1S/C14H12ClN3O2/c15-10-4-6-11(13(8-10)18(19)20)17-12-5-3-9-2-1-7-16-14(9)12/h1-2,4,6-8,12,17H,3,5H2. The lowest BCUT2D eigenvalue weighted by Crippen LogP contribution is -2.10. The molecule has 2 aromatic rings. The highest BCUT2D eigenvalue weighted by Gasteiger charge is 2.25. The number of fused-ring (bicyclic) bond motifs is 1. The molecule has 0 bridgehead atoms. The molecule has 1 heterocycles. The summed E-state index contributed by atoms with van der Waals surface area (Å²) in [4.78, 5) is 15.0. The van der Waals surface area contributed by atoms with Crippen LogP contribution in [0, 0.1) is 10.1 Å². The molecule has 0 fully saturated rings. The molecule has 1 atom stereocenters. The Labute approximate surface area is 120 Å². The fourth-order valence-electron chi connectivity index (χ4n) is 2.52. The van der Waals surface area contributed by atoms with Crippen molar-refractivity contribution < 1.29 is 4.92 Å². The number of nitrogens with zero attached hydrogens (tertiary/aromatic N) is 2. The number of nitro groups is 1. The number of halogens is 1. The third-order valence-corrected chi connectivity index (χ3v) is 3.68. The highest BCUT2D eigenvalue weighted by molar-refractivity contribution is 6.30. The Morgan fingerprint density at radius 1 is 1.40 bits per heavy atom. The van der Waals surface area contributed by atoms with Crippen LogP contribution in [0.25, 0.3) is 0 Å². The van der Waals surface area contributed by atoms with Gasteiger partial charge in [-0.2, -0.15) is 0 Å². The van der Waals surface area contributed by atoms with Crippen molar-refractivity contribution in [2.45, 2.75) is 18.9 Å². The predicted octanol–water partition coefficient (Wildman–Crippen LogP) is 3.74. The number of pyridine rings is 1. The van der Waals surface area contributed by atoms with Gasteiger partial charge in [0.25, 0.3) is 5.69 Å². The van der Waals surface area contributed by atoms with Crippen molar-refractivity contribution in [3.63, 3.8) is 0 Å². The summed E-state index contributed by atoms with van der Waals surface area (Å²) < 4.78 is 0. The SMILES string of the molecule is O=[N+]([O-])c1cc(Cl)ccc1NC1CCc2cccnc21. The molecule has 0 amide bonds. The molecule has 20 heavy (non-hydrogen) atoms. The zero-order valence-electron chi connectivity index (χ0n) is 10.5. The van der Waals surface area contributed by atoms with E-state index in [2.05, 4.69) is 10.3 Å². The van der Waals surface area contributed by atoms with E-state index in [9.17, 15) is 10.1 Å². The Balaban J connectivity index is 1.92. The van der Waals surface area contributed by atoms with Gasteiger partial charge in [-0.1, -0.05) is 17.7 Å². The Kier molecular flexibility index (Phi) is 3.28. The van der Waals surface area contributed by atoms with Gasteiger partial charge in [-0.25, -0.2) is 0 Å². The average molecular weight is 290 g/mol. The first-order valence-electron chi connectivity index (χ1n) is 6.29. The van der Waals surface area contributed by atoms with Crippen molar-refractivity contribution in [3.05, 3.63) is 62.9 Å². The number of rotatable bonds is 3. The summed E-state index contributed by atoms with van der Waals surface area (Å²) in [5.74, 6) is 0. The van der Waals surface area contributed by atoms with E-state index in [0.29, 0.717) is 10.7 Å². The van der Waals surface area contributed by atoms with Gasteiger partial charge in [0.05, 0.1) is 16.7 Å². The molecule has 1 aromatic heterocycles. The zero-order chi connectivity index (χ0) is 14.1. The molecule has 1 N–H and O–H groups in total. The maximum absolute atomic E-state index is 11.1. The second-order valence-corrected chi connectivity index (χ2v) is 5.14. The summed E-state index contributed by atoms with van der Waals surface area (Å²) in [6.07, 6.45) is 3.56. The van der Waals surface area contributed by atoms with Crippen LogP contribution >= 0.6 is 11.6 Å². The van der Waals surface area contributed by atoms with E-state index in [0.717, 1.165) is 18.5 Å². The van der Waals surface area contributed by atoms with Crippen LogP contribution in [0.1, 0.15) is 23.7 Å². The molecular weight excluding hydrogens is 278 g/mol. The smallest absolute Gasteiger partial charge is 0.293 e.